The first-order chi connectivity index (χ1) is 17.1. The van der Waals surface area contributed by atoms with Gasteiger partial charge in [-0.1, -0.05) is 71.7 Å². The Bertz CT molecular complexity index is 1270. The second-order valence-electron chi connectivity index (χ2n) is 9.42. The van der Waals surface area contributed by atoms with E-state index in [1.807, 2.05) is 24.3 Å². The zero-order chi connectivity index (χ0) is 24.0. The molecule has 1 saturated heterocycles. The van der Waals surface area contributed by atoms with Crippen molar-refractivity contribution in [3.8, 4) is 11.5 Å². The summed E-state index contributed by atoms with van der Waals surface area (Å²) in [4.78, 5) is 2.49. The Labute approximate surface area is 215 Å². The summed E-state index contributed by atoms with van der Waals surface area (Å²) in [6.07, 6.45) is 2.44. The van der Waals surface area contributed by atoms with Crippen molar-refractivity contribution in [2.24, 2.45) is 5.10 Å². The summed E-state index contributed by atoms with van der Waals surface area (Å²) in [7, 11) is 1.70. The van der Waals surface area contributed by atoms with Crippen molar-refractivity contribution < 1.29 is 9.47 Å². The number of hydrogen-bond acceptors (Lipinski definition) is 5. The van der Waals surface area contributed by atoms with Crippen LogP contribution >= 0.6 is 23.2 Å². The summed E-state index contributed by atoms with van der Waals surface area (Å²) in [6.45, 7) is 2.79. The molecule has 6 rings (SSSR count). The molecule has 0 radical (unpaired) electrons. The summed E-state index contributed by atoms with van der Waals surface area (Å²) in [6, 6.07) is 22.4. The molecular weight excluding hydrogens is 481 g/mol. The number of fused-ring (bicyclic) bond motifs is 4. The maximum absolute atomic E-state index is 6.84. The molecule has 1 fully saturated rings. The SMILES string of the molecule is COc1cccc2c1OC1(CCN(Cc3ccccc3)CC1)N1N=C(c3ccc(Cl)cc3Cl)C[C@@H]21. The highest BCUT2D eigenvalue weighted by Gasteiger charge is 2.52. The average Bonchev–Trinajstić information content (AvgIpc) is 3.32. The van der Waals surface area contributed by atoms with Crippen LogP contribution in [-0.4, -0.2) is 41.5 Å². The van der Waals surface area contributed by atoms with E-state index >= 15 is 0 Å². The molecule has 0 amide bonds. The fourth-order valence-electron chi connectivity index (χ4n) is 5.55. The van der Waals surface area contributed by atoms with Crippen LogP contribution in [0, 0.1) is 0 Å². The minimum absolute atomic E-state index is 0.0660. The normalized spacial score (nSPS) is 20.7. The van der Waals surface area contributed by atoms with E-state index in [0.29, 0.717) is 10.0 Å². The molecule has 3 aliphatic rings. The summed E-state index contributed by atoms with van der Waals surface area (Å²) >= 11 is 12.7. The lowest BCUT2D eigenvalue weighted by atomic mass is 9.90. The van der Waals surface area contributed by atoms with Crippen molar-refractivity contribution in [2.75, 3.05) is 20.2 Å². The van der Waals surface area contributed by atoms with E-state index in [1.54, 1.807) is 13.2 Å². The highest BCUT2D eigenvalue weighted by molar-refractivity contribution is 6.37. The van der Waals surface area contributed by atoms with Gasteiger partial charge in [-0.25, -0.2) is 5.01 Å². The molecule has 0 aromatic heterocycles. The molecule has 0 N–H and O–H groups in total. The molecule has 1 spiro atoms. The molecule has 0 saturated carbocycles. The lowest BCUT2D eigenvalue weighted by molar-refractivity contribution is -0.151. The van der Waals surface area contributed by atoms with Crippen LogP contribution in [0.4, 0.5) is 0 Å². The molecule has 3 aromatic rings. The van der Waals surface area contributed by atoms with Gasteiger partial charge in [0.15, 0.2) is 11.5 Å². The van der Waals surface area contributed by atoms with Crippen LogP contribution in [0.2, 0.25) is 10.0 Å². The quantitative estimate of drug-likeness (QED) is 0.401. The number of halogens is 2. The molecule has 0 aliphatic carbocycles. The topological polar surface area (TPSA) is 37.3 Å². The first-order valence-corrected chi connectivity index (χ1v) is 12.8. The van der Waals surface area contributed by atoms with Gasteiger partial charge in [0, 0.05) is 55.0 Å². The monoisotopic (exact) mass is 507 g/mol. The van der Waals surface area contributed by atoms with Crippen molar-refractivity contribution in [3.63, 3.8) is 0 Å². The highest BCUT2D eigenvalue weighted by Crippen LogP contribution is 2.53. The summed E-state index contributed by atoms with van der Waals surface area (Å²) < 4.78 is 12.6. The van der Waals surface area contributed by atoms with Crippen molar-refractivity contribution in [1.82, 2.24) is 9.91 Å². The van der Waals surface area contributed by atoms with Gasteiger partial charge < -0.3 is 9.47 Å². The van der Waals surface area contributed by atoms with E-state index in [-0.39, 0.29) is 6.04 Å². The summed E-state index contributed by atoms with van der Waals surface area (Å²) in [5.74, 6) is 1.61. The smallest absolute Gasteiger partial charge is 0.200 e. The van der Waals surface area contributed by atoms with Crippen LogP contribution in [0.3, 0.4) is 0 Å². The summed E-state index contributed by atoms with van der Waals surface area (Å²) in [5.41, 5.74) is 3.79. The molecule has 5 nitrogen and oxygen atoms in total. The number of nitrogens with zero attached hydrogens (tertiary/aromatic N) is 3. The van der Waals surface area contributed by atoms with Crippen LogP contribution in [-0.2, 0) is 6.54 Å². The largest absolute Gasteiger partial charge is 0.493 e. The third kappa shape index (κ3) is 4.06. The second kappa shape index (κ2) is 9.05. The highest BCUT2D eigenvalue weighted by atomic mass is 35.5. The zero-order valence-corrected chi connectivity index (χ0v) is 21.1. The first kappa shape index (κ1) is 22.7. The fourth-order valence-corrected chi connectivity index (χ4v) is 6.07. The molecule has 3 aromatic carbocycles. The van der Waals surface area contributed by atoms with E-state index in [9.17, 15) is 0 Å². The van der Waals surface area contributed by atoms with Gasteiger partial charge >= 0.3 is 0 Å². The number of methoxy groups -OCH3 is 1. The van der Waals surface area contributed by atoms with Gasteiger partial charge in [-0.15, -0.1) is 0 Å². The lowest BCUT2D eigenvalue weighted by Crippen LogP contribution is -2.59. The number of hydrogen-bond donors (Lipinski definition) is 0. The Kier molecular flexibility index (Phi) is 5.87. The van der Waals surface area contributed by atoms with Gasteiger partial charge in [0.1, 0.15) is 0 Å². The van der Waals surface area contributed by atoms with Gasteiger partial charge in [-0.2, -0.15) is 5.10 Å². The van der Waals surface area contributed by atoms with E-state index in [1.165, 1.54) is 5.56 Å². The Hall–Kier alpha value is -2.73. The molecule has 180 valence electrons. The van der Waals surface area contributed by atoms with Gasteiger partial charge in [-0.05, 0) is 23.8 Å². The van der Waals surface area contributed by atoms with Gasteiger partial charge in [0.2, 0.25) is 5.72 Å². The van der Waals surface area contributed by atoms with Crippen LogP contribution in [0.25, 0.3) is 0 Å². The molecule has 3 heterocycles. The number of rotatable bonds is 4. The standard InChI is InChI=1S/C28H27Cl2N3O2/c1-34-26-9-5-8-22-25-17-24(21-11-10-20(29)16-23(21)30)31-33(25)28(35-27(22)26)12-14-32(15-13-28)18-19-6-3-2-4-7-19/h2-11,16,25H,12-15,17-18H2,1H3/t25-/m0/s1. The maximum Gasteiger partial charge on any atom is 0.200 e. The third-order valence-electron chi connectivity index (χ3n) is 7.34. The van der Waals surface area contributed by atoms with Crippen LogP contribution < -0.4 is 9.47 Å². The number of benzene rings is 3. The minimum atomic E-state index is -0.528. The van der Waals surface area contributed by atoms with Crippen molar-refractivity contribution >= 4 is 28.9 Å². The molecule has 1 atom stereocenters. The molecular formula is C28H27Cl2N3O2. The minimum Gasteiger partial charge on any atom is -0.493 e. The zero-order valence-electron chi connectivity index (χ0n) is 19.6. The Morgan fingerprint density at radius 1 is 1.03 bits per heavy atom. The Morgan fingerprint density at radius 2 is 1.83 bits per heavy atom. The van der Waals surface area contributed by atoms with Crippen molar-refractivity contribution in [1.29, 1.82) is 0 Å². The predicted molar refractivity (Wildman–Crippen MR) is 140 cm³/mol. The fraction of sp³-hybridized carbons (Fsp3) is 0.321. The number of likely N-dealkylation sites (tertiary alicyclic amines) is 1. The molecule has 7 heteroatoms. The molecule has 3 aliphatic heterocycles. The van der Waals surface area contributed by atoms with Crippen LogP contribution in [0.5, 0.6) is 11.5 Å². The lowest BCUT2D eigenvalue weighted by Gasteiger charge is -2.51. The predicted octanol–water partition coefficient (Wildman–Crippen LogP) is 6.54. The van der Waals surface area contributed by atoms with Gasteiger partial charge in [0.25, 0.3) is 0 Å². The average molecular weight is 508 g/mol. The van der Waals surface area contributed by atoms with Gasteiger partial charge in [0.05, 0.1) is 23.9 Å². The van der Waals surface area contributed by atoms with E-state index in [0.717, 1.165) is 67.2 Å². The van der Waals surface area contributed by atoms with E-state index in [4.69, 9.17) is 37.8 Å². The number of ether oxygens (including phenoxy) is 2. The first-order valence-electron chi connectivity index (χ1n) is 12.0. The Balaban J connectivity index is 1.34. The van der Waals surface area contributed by atoms with Crippen LogP contribution in [0.1, 0.15) is 42.0 Å². The number of piperidine rings is 1. The summed E-state index contributed by atoms with van der Waals surface area (Å²) in [5, 5.41) is 8.59. The van der Waals surface area contributed by atoms with Gasteiger partial charge in [-0.3, -0.25) is 4.90 Å². The van der Waals surface area contributed by atoms with Crippen molar-refractivity contribution in [2.45, 2.75) is 37.6 Å². The third-order valence-corrected chi connectivity index (χ3v) is 7.88. The molecule has 0 unspecified atom stereocenters. The number of hydrazone groups is 1. The van der Waals surface area contributed by atoms with Crippen LogP contribution in [0.15, 0.2) is 71.8 Å². The van der Waals surface area contributed by atoms with Crippen molar-refractivity contribution in [3.05, 3.63) is 93.5 Å². The maximum atomic E-state index is 6.84. The molecule has 35 heavy (non-hydrogen) atoms. The second-order valence-corrected chi connectivity index (χ2v) is 10.3. The van der Waals surface area contributed by atoms with E-state index < -0.39 is 5.72 Å². The molecule has 0 bridgehead atoms. The number of para-hydroxylation sites is 1. The van der Waals surface area contributed by atoms with E-state index in [2.05, 4.69) is 46.3 Å². The Morgan fingerprint density at radius 3 is 2.57 bits per heavy atom.